The second-order valence-electron chi connectivity index (χ2n) is 6.80. The standard InChI is InChI=1S/C23H21Cl2NO4/c1-27-21-9-17(12-26-11-15-5-6-20-22(8-15)30-14-29-20)19(25)10-23(21)28-13-16-3-2-4-18(24)7-16/h2-10,26H,11-14H2,1H3. The van der Waals surface area contributed by atoms with Crippen LogP contribution in [0.4, 0.5) is 0 Å². The first kappa shape index (κ1) is 20.7. The van der Waals surface area contributed by atoms with Crippen molar-refractivity contribution in [2.75, 3.05) is 13.9 Å². The molecule has 30 heavy (non-hydrogen) atoms. The molecule has 0 saturated carbocycles. The van der Waals surface area contributed by atoms with Gasteiger partial charge < -0.3 is 24.3 Å². The third-order valence-electron chi connectivity index (χ3n) is 4.70. The maximum absolute atomic E-state index is 6.49. The minimum absolute atomic E-state index is 0.271. The summed E-state index contributed by atoms with van der Waals surface area (Å²) in [4.78, 5) is 0. The minimum atomic E-state index is 0.271. The van der Waals surface area contributed by atoms with E-state index in [4.69, 9.17) is 42.1 Å². The van der Waals surface area contributed by atoms with E-state index in [2.05, 4.69) is 5.32 Å². The zero-order chi connectivity index (χ0) is 20.9. The fourth-order valence-electron chi connectivity index (χ4n) is 3.17. The first-order chi connectivity index (χ1) is 14.6. The van der Waals surface area contributed by atoms with E-state index in [0.29, 0.717) is 41.2 Å². The Morgan fingerprint density at radius 1 is 0.900 bits per heavy atom. The van der Waals surface area contributed by atoms with Crippen LogP contribution >= 0.6 is 23.2 Å². The van der Waals surface area contributed by atoms with E-state index in [1.165, 1.54) is 0 Å². The number of benzene rings is 3. The molecule has 0 aliphatic carbocycles. The van der Waals surface area contributed by atoms with Crippen molar-refractivity contribution in [1.82, 2.24) is 5.32 Å². The van der Waals surface area contributed by atoms with Gasteiger partial charge in [0.2, 0.25) is 6.79 Å². The molecular formula is C23H21Cl2NO4. The summed E-state index contributed by atoms with van der Waals surface area (Å²) >= 11 is 12.5. The van der Waals surface area contributed by atoms with Crippen molar-refractivity contribution in [2.24, 2.45) is 0 Å². The molecule has 3 aromatic rings. The Morgan fingerprint density at radius 2 is 1.77 bits per heavy atom. The summed E-state index contributed by atoms with van der Waals surface area (Å²) in [5, 5.41) is 4.67. The van der Waals surface area contributed by atoms with Gasteiger partial charge in [0, 0.05) is 29.2 Å². The predicted octanol–water partition coefficient (Wildman–Crippen LogP) is 5.60. The molecule has 156 valence electrons. The first-order valence-electron chi connectivity index (χ1n) is 9.45. The smallest absolute Gasteiger partial charge is 0.231 e. The first-order valence-corrected chi connectivity index (χ1v) is 10.2. The van der Waals surface area contributed by atoms with Gasteiger partial charge in [-0.05, 0) is 47.0 Å². The van der Waals surface area contributed by atoms with Crippen LogP contribution in [0.2, 0.25) is 10.0 Å². The van der Waals surface area contributed by atoms with Crippen LogP contribution in [0.1, 0.15) is 16.7 Å². The van der Waals surface area contributed by atoms with Crippen LogP contribution in [-0.2, 0) is 19.7 Å². The Labute approximate surface area is 185 Å². The van der Waals surface area contributed by atoms with Crippen LogP contribution in [0.3, 0.4) is 0 Å². The predicted molar refractivity (Wildman–Crippen MR) is 117 cm³/mol. The number of nitrogens with one attached hydrogen (secondary N) is 1. The van der Waals surface area contributed by atoms with Gasteiger partial charge in [-0.2, -0.15) is 0 Å². The van der Waals surface area contributed by atoms with Gasteiger partial charge in [0.05, 0.1) is 7.11 Å². The third-order valence-corrected chi connectivity index (χ3v) is 5.28. The number of halogens is 2. The highest BCUT2D eigenvalue weighted by Gasteiger charge is 2.14. The second kappa shape index (κ2) is 9.47. The molecule has 5 nitrogen and oxygen atoms in total. The van der Waals surface area contributed by atoms with Crippen LogP contribution in [-0.4, -0.2) is 13.9 Å². The van der Waals surface area contributed by atoms with Gasteiger partial charge in [0.1, 0.15) is 6.61 Å². The number of methoxy groups -OCH3 is 1. The lowest BCUT2D eigenvalue weighted by molar-refractivity contribution is 0.174. The van der Waals surface area contributed by atoms with Crippen molar-refractivity contribution in [3.63, 3.8) is 0 Å². The van der Waals surface area contributed by atoms with Crippen molar-refractivity contribution in [3.8, 4) is 23.0 Å². The molecule has 1 aliphatic rings. The quantitative estimate of drug-likeness (QED) is 0.488. The molecule has 0 unspecified atom stereocenters. The lowest BCUT2D eigenvalue weighted by Crippen LogP contribution is -2.13. The van der Waals surface area contributed by atoms with Gasteiger partial charge in [-0.15, -0.1) is 0 Å². The summed E-state index contributed by atoms with van der Waals surface area (Å²) in [5.41, 5.74) is 2.99. The maximum atomic E-state index is 6.49. The normalized spacial score (nSPS) is 12.1. The highest BCUT2D eigenvalue weighted by Crippen LogP contribution is 2.35. The van der Waals surface area contributed by atoms with Gasteiger partial charge in [-0.3, -0.25) is 0 Å². The van der Waals surface area contributed by atoms with Crippen molar-refractivity contribution < 1.29 is 18.9 Å². The number of ether oxygens (including phenoxy) is 4. The Hall–Kier alpha value is -2.60. The monoisotopic (exact) mass is 445 g/mol. The number of rotatable bonds is 8. The van der Waals surface area contributed by atoms with Crippen LogP contribution in [0.5, 0.6) is 23.0 Å². The highest BCUT2D eigenvalue weighted by molar-refractivity contribution is 6.31. The molecule has 0 saturated heterocycles. The van der Waals surface area contributed by atoms with E-state index in [9.17, 15) is 0 Å². The summed E-state index contributed by atoms with van der Waals surface area (Å²) in [6.07, 6.45) is 0. The molecule has 1 aliphatic heterocycles. The van der Waals surface area contributed by atoms with Gasteiger partial charge >= 0.3 is 0 Å². The fourth-order valence-corrected chi connectivity index (χ4v) is 3.60. The lowest BCUT2D eigenvalue weighted by atomic mass is 10.1. The van der Waals surface area contributed by atoms with Crippen LogP contribution < -0.4 is 24.3 Å². The molecule has 7 heteroatoms. The average molecular weight is 446 g/mol. The molecule has 3 aromatic carbocycles. The van der Waals surface area contributed by atoms with Gasteiger partial charge in [-0.1, -0.05) is 41.4 Å². The minimum Gasteiger partial charge on any atom is -0.493 e. The Bertz CT molecular complexity index is 1040. The molecule has 0 spiro atoms. The number of hydrogen-bond donors (Lipinski definition) is 1. The van der Waals surface area contributed by atoms with E-state index in [1.807, 2.05) is 48.5 Å². The molecule has 0 radical (unpaired) electrons. The summed E-state index contributed by atoms with van der Waals surface area (Å²) in [6, 6.07) is 17.1. The maximum Gasteiger partial charge on any atom is 0.231 e. The van der Waals surface area contributed by atoms with Crippen molar-refractivity contribution in [3.05, 3.63) is 81.3 Å². The zero-order valence-corrected chi connectivity index (χ0v) is 17.9. The van der Waals surface area contributed by atoms with Gasteiger partial charge in [0.15, 0.2) is 23.0 Å². The van der Waals surface area contributed by atoms with Crippen LogP contribution in [0.15, 0.2) is 54.6 Å². The molecule has 4 rings (SSSR count). The largest absolute Gasteiger partial charge is 0.493 e. The van der Waals surface area contributed by atoms with E-state index in [1.54, 1.807) is 13.2 Å². The van der Waals surface area contributed by atoms with E-state index in [-0.39, 0.29) is 6.79 Å². The van der Waals surface area contributed by atoms with E-state index >= 15 is 0 Å². The summed E-state index contributed by atoms with van der Waals surface area (Å²) in [7, 11) is 1.61. The summed E-state index contributed by atoms with van der Waals surface area (Å²) in [6.45, 7) is 1.89. The molecule has 1 heterocycles. The van der Waals surface area contributed by atoms with Crippen molar-refractivity contribution in [1.29, 1.82) is 0 Å². The van der Waals surface area contributed by atoms with E-state index < -0.39 is 0 Å². The summed E-state index contributed by atoms with van der Waals surface area (Å²) in [5.74, 6) is 2.76. The lowest BCUT2D eigenvalue weighted by Gasteiger charge is -2.14. The second-order valence-corrected chi connectivity index (χ2v) is 7.65. The molecule has 0 fully saturated rings. The van der Waals surface area contributed by atoms with Gasteiger partial charge in [0.25, 0.3) is 0 Å². The topological polar surface area (TPSA) is 49.0 Å². The van der Waals surface area contributed by atoms with Gasteiger partial charge in [-0.25, -0.2) is 0 Å². The fraction of sp³-hybridized carbons (Fsp3) is 0.217. The molecule has 0 atom stereocenters. The van der Waals surface area contributed by atoms with Crippen molar-refractivity contribution >= 4 is 23.2 Å². The Kier molecular flexibility index (Phi) is 6.53. The Morgan fingerprint density at radius 3 is 2.60 bits per heavy atom. The van der Waals surface area contributed by atoms with Crippen LogP contribution in [0.25, 0.3) is 0 Å². The molecule has 0 bridgehead atoms. The van der Waals surface area contributed by atoms with Crippen LogP contribution in [0, 0.1) is 0 Å². The zero-order valence-electron chi connectivity index (χ0n) is 16.4. The van der Waals surface area contributed by atoms with Crippen molar-refractivity contribution in [2.45, 2.75) is 19.7 Å². The Balaban J connectivity index is 1.39. The molecule has 1 N–H and O–H groups in total. The molecular weight excluding hydrogens is 425 g/mol. The number of hydrogen-bond acceptors (Lipinski definition) is 5. The summed E-state index contributed by atoms with van der Waals surface area (Å²) < 4.78 is 22.2. The SMILES string of the molecule is COc1cc(CNCc2ccc3c(c2)OCO3)c(Cl)cc1OCc1cccc(Cl)c1. The highest BCUT2D eigenvalue weighted by atomic mass is 35.5. The van der Waals surface area contributed by atoms with E-state index in [0.717, 1.165) is 28.2 Å². The number of fused-ring (bicyclic) bond motifs is 1. The average Bonchev–Trinajstić information content (AvgIpc) is 3.21. The molecule has 0 aromatic heterocycles. The third kappa shape index (κ3) is 4.93. The molecule has 0 amide bonds.